The highest BCUT2D eigenvalue weighted by Crippen LogP contribution is 2.35. The number of carbonyl (C=O) groups is 1. The number of halogens is 4. The molecule has 152 valence electrons. The van der Waals surface area contributed by atoms with Gasteiger partial charge >= 0.3 is 12.3 Å². The van der Waals surface area contributed by atoms with Crippen molar-refractivity contribution >= 4 is 22.8 Å². The number of hydrogen-bond donors (Lipinski definition) is 0. The first kappa shape index (κ1) is 20.1. The van der Waals surface area contributed by atoms with Gasteiger partial charge in [0.05, 0.1) is 5.56 Å². The van der Waals surface area contributed by atoms with Crippen LogP contribution >= 0.6 is 0 Å². The molecule has 0 aliphatic carbocycles. The number of ether oxygens (including phenoxy) is 1. The Hall–Kier alpha value is -2.65. The summed E-state index contributed by atoms with van der Waals surface area (Å²) in [6, 6.07) is 1.29. The number of alkyl halides is 3. The molecule has 1 aromatic heterocycles. The number of fused-ring (bicyclic) bond motifs is 1. The van der Waals surface area contributed by atoms with E-state index >= 15 is 0 Å². The summed E-state index contributed by atoms with van der Waals surface area (Å²) in [5, 5.41) is -0.0134. The SMILES string of the molecule is CC(C)(C)OC(=O)N1CCN(c2ncnc3c(F)cc(C(F)(F)F)cc23)CC1. The number of anilines is 1. The summed E-state index contributed by atoms with van der Waals surface area (Å²) < 4.78 is 58.7. The van der Waals surface area contributed by atoms with Crippen LogP contribution in [0.3, 0.4) is 0 Å². The summed E-state index contributed by atoms with van der Waals surface area (Å²) >= 11 is 0. The molecule has 1 fully saturated rings. The lowest BCUT2D eigenvalue weighted by Crippen LogP contribution is -2.50. The molecule has 1 aliphatic rings. The summed E-state index contributed by atoms with van der Waals surface area (Å²) in [5.74, 6) is -0.847. The van der Waals surface area contributed by atoms with Crippen LogP contribution in [0, 0.1) is 5.82 Å². The van der Waals surface area contributed by atoms with Gasteiger partial charge in [-0.05, 0) is 32.9 Å². The Bertz CT molecular complexity index is 888. The van der Waals surface area contributed by atoms with Gasteiger partial charge in [-0.1, -0.05) is 0 Å². The maximum atomic E-state index is 14.2. The third-order valence-electron chi connectivity index (χ3n) is 4.23. The van der Waals surface area contributed by atoms with Crippen molar-refractivity contribution < 1.29 is 27.1 Å². The summed E-state index contributed by atoms with van der Waals surface area (Å²) in [4.78, 5) is 23.2. The van der Waals surface area contributed by atoms with E-state index in [1.54, 1.807) is 25.7 Å². The molecule has 1 saturated heterocycles. The van der Waals surface area contributed by atoms with Gasteiger partial charge in [0.25, 0.3) is 0 Å². The minimum Gasteiger partial charge on any atom is -0.444 e. The number of benzene rings is 1. The van der Waals surface area contributed by atoms with Crippen LogP contribution in [0.15, 0.2) is 18.5 Å². The van der Waals surface area contributed by atoms with Crippen molar-refractivity contribution in [1.82, 2.24) is 14.9 Å². The fourth-order valence-corrected chi connectivity index (χ4v) is 2.95. The summed E-state index contributed by atoms with van der Waals surface area (Å²) in [6.45, 7) is 6.55. The standard InChI is InChI=1S/C18H20F4N4O2/c1-17(2,3)28-16(27)26-6-4-25(5-7-26)15-12-8-11(18(20,21)22)9-13(19)14(12)23-10-24-15/h8-10H,4-7H2,1-3H3. The van der Waals surface area contributed by atoms with E-state index in [4.69, 9.17) is 4.74 Å². The minimum absolute atomic E-state index is 0.0134. The monoisotopic (exact) mass is 400 g/mol. The number of carbonyl (C=O) groups excluding carboxylic acids is 1. The zero-order valence-corrected chi connectivity index (χ0v) is 15.7. The molecule has 0 atom stereocenters. The molecule has 0 radical (unpaired) electrons. The molecule has 1 aliphatic heterocycles. The van der Waals surface area contributed by atoms with E-state index < -0.39 is 29.3 Å². The highest BCUT2D eigenvalue weighted by Gasteiger charge is 2.33. The zero-order valence-electron chi connectivity index (χ0n) is 15.7. The number of amides is 1. The average Bonchev–Trinajstić information content (AvgIpc) is 2.59. The minimum atomic E-state index is -4.68. The molecule has 0 saturated carbocycles. The smallest absolute Gasteiger partial charge is 0.416 e. The van der Waals surface area contributed by atoms with E-state index in [0.717, 1.165) is 12.4 Å². The molecule has 10 heteroatoms. The number of nitrogens with zero attached hydrogens (tertiary/aromatic N) is 4. The van der Waals surface area contributed by atoms with Crippen LogP contribution in [0.5, 0.6) is 0 Å². The number of rotatable bonds is 1. The van der Waals surface area contributed by atoms with Gasteiger partial charge in [0.15, 0.2) is 0 Å². The number of piperazine rings is 1. The highest BCUT2D eigenvalue weighted by molar-refractivity contribution is 5.90. The Morgan fingerprint density at radius 1 is 1.07 bits per heavy atom. The first-order valence-corrected chi connectivity index (χ1v) is 8.70. The van der Waals surface area contributed by atoms with Gasteiger partial charge in [-0.25, -0.2) is 19.2 Å². The van der Waals surface area contributed by atoms with Gasteiger partial charge in [-0.3, -0.25) is 0 Å². The Morgan fingerprint density at radius 3 is 2.29 bits per heavy atom. The fraction of sp³-hybridized carbons (Fsp3) is 0.500. The summed E-state index contributed by atoms with van der Waals surface area (Å²) in [6.07, 6.45) is -4.02. The number of hydrogen-bond acceptors (Lipinski definition) is 5. The van der Waals surface area contributed by atoms with Gasteiger partial charge in [0.1, 0.15) is 29.1 Å². The van der Waals surface area contributed by atoms with Gasteiger partial charge < -0.3 is 14.5 Å². The Kier molecular flexibility index (Phi) is 5.07. The third-order valence-corrected chi connectivity index (χ3v) is 4.23. The topological polar surface area (TPSA) is 58.6 Å². The van der Waals surface area contributed by atoms with E-state index in [2.05, 4.69) is 9.97 Å². The van der Waals surface area contributed by atoms with Crippen molar-refractivity contribution in [1.29, 1.82) is 0 Å². The van der Waals surface area contributed by atoms with Crippen LogP contribution in [-0.4, -0.2) is 52.7 Å². The van der Waals surface area contributed by atoms with Crippen LogP contribution in [0.4, 0.5) is 28.2 Å². The van der Waals surface area contributed by atoms with Crippen molar-refractivity contribution in [2.24, 2.45) is 0 Å². The second-order valence-electron chi connectivity index (χ2n) is 7.50. The van der Waals surface area contributed by atoms with Crippen molar-refractivity contribution in [3.05, 3.63) is 29.8 Å². The normalized spacial score (nSPS) is 15.8. The molecule has 3 rings (SSSR count). The van der Waals surface area contributed by atoms with Gasteiger partial charge in [0.2, 0.25) is 0 Å². The van der Waals surface area contributed by atoms with Crippen molar-refractivity contribution in [2.75, 3.05) is 31.1 Å². The molecule has 0 bridgehead atoms. The molecule has 28 heavy (non-hydrogen) atoms. The Morgan fingerprint density at radius 2 is 1.71 bits per heavy atom. The van der Waals surface area contributed by atoms with Crippen molar-refractivity contribution in [2.45, 2.75) is 32.5 Å². The predicted molar refractivity (Wildman–Crippen MR) is 94.5 cm³/mol. The lowest BCUT2D eigenvalue weighted by Gasteiger charge is -2.36. The van der Waals surface area contributed by atoms with E-state index in [1.807, 2.05) is 0 Å². The average molecular weight is 400 g/mol. The molecule has 6 nitrogen and oxygen atoms in total. The van der Waals surface area contributed by atoms with Crippen LogP contribution in [-0.2, 0) is 10.9 Å². The molecule has 2 heterocycles. The van der Waals surface area contributed by atoms with Gasteiger partial charge in [-0.15, -0.1) is 0 Å². The second kappa shape index (κ2) is 7.06. The van der Waals surface area contributed by atoms with Crippen molar-refractivity contribution in [3.8, 4) is 0 Å². The first-order chi connectivity index (χ1) is 13.0. The predicted octanol–water partition coefficient (Wildman–Crippen LogP) is 3.84. The molecular weight excluding hydrogens is 380 g/mol. The van der Waals surface area contributed by atoms with Crippen LogP contribution < -0.4 is 4.90 Å². The molecular formula is C18H20F4N4O2. The van der Waals surface area contributed by atoms with Crippen LogP contribution in [0.2, 0.25) is 0 Å². The number of aromatic nitrogens is 2. The zero-order chi connectivity index (χ0) is 20.7. The summed E-state index contributed by atoms with van der Waals surface area (Å²) in [5.41, 5.74) is -1.89. The lowest BCUT2D eigenvalue weighted by molar-refractivity contribution is -0.137. The maximum absolute atomic E-state index is 14.2. The largest absolute Gasteiger partial charge is 0.444 e. The Labute approximate surface area is 159 Å². The fourth-order valence-electron chi connectivity index (χ4n) is 2.95. The summed E-state index contributed by atoms with van der Waals surface area (Å²) in [7, 11) is 0. The molecule has 1 aromatic carbocycles. The molecule has 1 amide bonds. The molecule has 0 N–H and O–H groups in total. The van der Waals surface area contributed by atoms with Crippen LogP contribution in [0.1, 0.15) is 26.3 Å². The van der Waals surface area contributed by atoms with E-state index in [9.17, 15) is 22.4 Å². The lowest BCUT2D eigenvalue weighted by atomic mass is 10.1. The molecule has 0 spiro atoms. The van der Waals surface area contributed by atoms with E-state index in [1.165, 1.54) is 4.90 Å². The first-order valence-electron chi connectivity index (χ1n) is 8.70. The van der Waals surface area contributed by atoms with Crippen molar-refractivity contribution in [3.63, 3.8) is 0 Å². The molecule has 2 aromatic rings. The highest BCUT2D eigenvalue weighted by atomic mass is 19.4. The third kappa shape index (κ3) is 4.26. The Balaban J connectivity index is 1.85. The van der Waals surface area contributed by atoms with Gasteiger partial charge in [-0.2, -0.15) is 13.2 Å². The van der Waals surface area contributed by atoms with E-state index in [-0.39, 0.29) is 16.7 Å². The quantitative estimate of drug-likeness (QED) is 0.681. The van der Waals surface area contributed by atoms with Gasteiger partial charge in [0, 0.05) is 31.6 Å². The van der Waals surface area contributed by atoms with Crippen LogP contribution in [0.25, 0.3) is 10.9 Å². The molecule has 0 unspecified atom stereocenters. The maximum Gasteiger partial charge on any atom is 0.416 e. The van der Waals surface area contributed by atoms with E-state index in [0.29, 0.717) is 32.2 Å². The second-order valence-corrected chi connectivity index (χ2v) is 7.50.